The molecule has 2 N–H and O–H groups in total. The highest BCUT2D eigenvalue weighted by Gasteiger charge is 2.11. The van der Waals surface area contributed by atoms with E-state index in [0.29, 0.717) is 22.9 Å². The number of aromatic carboxylic acids is 1. The van der Waals surface area contributed by atoms with Crippen LogP contribution in [0.15, 0.2) is 29.6 Å². The second-order valence-electron chi connectivity index (χ2n) is 4.97. The minimum absolute atomic E-state index is 0.0115. The number of nitrogens with zero attached hydrogens (tertiary/aromatic N) is 1. The van der Waals surface area contributed by atoms with Crippen LogP contribution in [0.3, 0.4) is 0 Å². The maximum Gasteiger partial charge on any atom is 0.335 e. The number of thiophene rings is 1. The van der Waals surface area contributed by atoms with E-state index in [-0.39, 0.29) is 11.7 Å². The first-order chi connectivity index (χ1) is 10.5. The molecule has 0 saturated carbocycles. The SMILES string of the molecule is CC(C)Oc1ccc(C(=O)O)cc1NCc1csc(C#N)c1. The Bertz CT molecular complexity index is 716. The van der Waals surface area contributed by atoms with Gasteiger partial charge in [-0.2, -0.15) is 5.26 Å². The maximum atomic E-state index is 11.1. The van der Waals surface area contributed by atoms with Gasteiger partial charge >= 0.3 is 5.97 Å². The number of anilines is 1. The molecule has 2 rings (SSSR count). The quantitative estimate of drug-likeness (QED) is 0.848. The molecule has 0 aliphatic heterocycles. The van der Waals surface area contributed by atoms with Gasteiger partial charge in [-0.1, -0.05) is 0 Å². The third kappa shape index (κ3) is 3.99. The van der Waals surface area contributed by atoms with Crippen molar-refractivity contribution in [2.45, 2.75) is 26.5 Å². The molecule has 1 aromatic heterocycles. The number of carbonyl (C=O) groups is 1. The van der Waals surface area contributed by atoms with E-state index in [2.05, 4.69) is 11.4 Å². The summed E-state index contributed by atoms with van der Waals surface area (Å²) in [6, 6.07) is 8.63. The average Bonchev–Trinajstić information content (AvgIpc) is 2.93. The van der Waals surface area contributed by atoms with Crippen LogP contribution < -0.4 is 10.1 Å². The molecule has 114 valence electrons. The van der Waals surface area contributed by atoms with Gasteiger partial charge in [0.1, 0.15) is 16.7 Å². The standard InChI is InChI=1S/C16H16N2O3S/c1-10(2)21-15-4-3-12(16(19)20)6-14(15)18-8-11-5-13(7-17)22-9-11/h3-6,9-10,18H,8H2,1-2H3,(H,19,20). The summed E-state index contributed by atoms with van der Waals surface area (Å²) in [5.74, 6) is -0.378. The maximum absolute atomic E-state index is 11.1. The Kier molecular flexibility index (Phi) is 5.02. The first-order valence-corrected chi connectivity index (χ1v) is 7.63. The number of carboxylic acid groups (broad SMARTS) is 1. The lowest BCUT2D eigenvalue weighted by atomic mass is 10.1. The minimum Gasteiger partial charge on any atom is -0.489 e. The molecule has 6 heteroatoms. The van der Waals surface area contributed by atoms with E-state index in [1.165, 1.54) is 17.4 Å². The van der Waals surface area contributed by atoms with Gasteiger partial charge in [0.15, 0.2) is 0 Å². The van der Waals surface area contributed by atoms with Crippen LogP contribution in [-0.4, -0.2) is 17.2 Å². The van der Waals surface area contributed by atoms with E-state index >= 15 is 0 Å². The predicted octanol–water partition coefficient (Wildman–Crippen LogP) is 3.72. The largest absolute Gasteiger partial charge is 0.489 e. The molecule has 0 fully saturated rings. The highest BCUT2D eigenvalue weighted by Crippen LogP contribution is 2.28. The summed E-state index contributed by atoms with van der Waals surface area (Å²) in [6.07, 6.45) is -0.0115. The molecule has 5 nitrogen and oxygen atoms in total. The van der Waals surface area contributed by atoms with Gasteiger partial charge in [0.2, 0.25) is 0 Å². The van der Waals surface area contributed by atoms with E-state index in [9.17, 15) is 4.79 Å². The Hall–Kier alpha value is -2.52. The highest BCUT2D eigenvalue weighted by atomic mass is 32.1. The Labute approximate surface area is 132 Å². The van der Waals surface area contributed by atoms with Crippen LogP contribution in [0.5, 0.6) is 5.75 Å². The lowest BCUT2D eigenvalue weighted by molar-refractivity contribution is 0.0697. The van der Waals surface area contributed by atoms with Crippen molar-refractivity contribution in [3.8, 4) is 11.8 Å². The molecule has 1 aromatic carbocycles. The number of nitrogens with one attached hydrogen (secondary N) is 1. The number of hydrogen-bond donors (Lipinski definition) is 2. The van der Waals surface area contributed by atoms with Crippen molar-refractivity contribution < 1.29 is 14.6 Å². The zero-order chi connectivity index (χ0) is 16.1. The summed E-state index contributed by atoms with van der Waals surface area (Å²) in [7, 11) is 0. The van der Waals surface area contributed by atoms with E-state index in [1.807, 2.05) is 25.3 Å². The van der Waals surface area contributed by atoms with Crippen molar-refractivity contribution in [1.29, 1.82) is 5.26 Å². The Morgan fingerprint density at radius 3 is 2.82 bits per heavy atom. The summed E-state index contributed by atoms with van der Waals surface area (Å²) < 4.78 is 5.69. The van der Waals surface area contributed by atoms with Gasteiger partial charge < -0.3 is 15.2 Å². The fourth-order valence-electron chi connectivity index (χ4n) is 1.88. The molecular weight excluding hydrogens is 300 g/mol. The van der Waals surface area contributed by atoms with Gasteiger partial charge in [0.05, 0.1) is 17.4 Å². The van der Waals surface area contributed by atoms with E-state index in [0.717, 1.165) is 5.56 Å². The topological polar surface area (TPSA) is 82.3 Å². The first-order valence-electron chi connectivity index (χ1n) is 6.75. The molecule has 0 bridgehead atoms. The predicted molar refractivity (Wildman–Crippen MR) is 85.5 cm³/mol. The number of nitriles is 1. The normalized spacial score (nSPS) is 10.3. The zero-order valence-electron chi connectivity index (χ0n) is 12.3. The van der Waals surface area contributed by atoms with E-state index in [4.69, 9.17) is 15.1 Å². The molecule has 0 spiro atoms. The fourth-order valence-corrected chi connectivity index (χ4v) is 2.58. The Balaban J connectivity index is 2.20. The van der Waals surface area contributed by atoms with Gasteiger partial charge in [-0.3, -0.25) is 0 Å². The molecule has 1 heterocycles. The summed E-state index contributed by atoms with van der Waals surface area (Å²) in [5, 5.41) is 23.0. The molecule has 0 atom stereocenters. The van der Waals surface area contributed by atoms with Gasteiger partial charge in [-0.15, -0.1) is 11.3 Å². The molecule has 0 amide bonds. The van der Waals surface area contributed by atoms with Crippen LogP contribution in [0.2, 0.25) is 0 Å². The zero-order valence-corrected chi connectivity index (χ0v) is 13.1. The molecule has 0 unspecified atom stereocenters. The molecular formula is C16H16N2O3S. The third-order valence-electron chi connectivity index (χ3n) is 2.84. The lowest BCUT2D eigenvalue weighted by Crippen LogP contribution is -2.09. The fraction of sp³-hybridized carbons (Fsp3) is 0.250. The van der Waals surface area contributed by atoms with Crippen LogP contribution in [0.4, 0.5) is 5.69 Å². The van der Waals surface area contributed by atoms with Gasteiger partial charge in [0, 0.05) is 6.54 Å². The second-order valence-corrected chi connectivity index (χ2v) is 5.88. The van der Waals surface area contributed by atoms with Crippen LogP contribution in [0.1, 0.15) is 34.6 Å². The van der Waals surface area contributed by atoms with Crippen LogP contribution in [-0.2, 0) is 6.54 Å². The Morgan fingerprint density at radius 2 is 2.23 bits per heavy atom. The van der Waals surface area contributed by atoms with Crippen LogP contribution >= 0.6 is 11.3 Å². The number of ether oxygens (including phenoxy) is 1. The van der Waals surface area contributed by atoms with Gasteiger partial charge in [0.25, 0.3) is 0 Å². The summed E-state index contributed by atoms with van der Waals surface area (Å²) >= 11 is 1.38. The first kappa shape index (κ1) is 15.9. The molecule has 22 heavy (non-hydrogen) atoms. The molecule has 0 saturated heterocycles. The van der Waals surface area contributed by atoms with E-state index < -0.39 is 5.97 Å². The van der Waals surface area contributed by atoms with Gasteiger partial charge in [-0.05, 0) is 49.1 Å². The van der Waals surface area contributed by atoms with Crippen molar-refractivity contribution in [2.75, 3.05) is 5.32 Å². The summed E-state index contributed by atoms with van der Waals surface area (Å²) in [6.45, 7) is 4.32. The summed E-state index contributed by atoms with van der Waals surface area (Å²) in [5.41, 5.74) is 1.79. The molecule has 2 aromatic rings. The van der Waals surface area contributed by atoms with Crippen molar-refractivity contribution >= 4 is 23.0 Å². The minimum atomic E-state index is -0.985. The smallest absolute Gasteiger partial charge is 0.335 e. The summed E-state index contributed by atoms with van der Waals surface area (Å²) in [4.78, 5) is 11.7. The monoisotopic (exact) mass is 316 g/mol. The number of rotatable bonds is 6. The Morgan fingerprint density at radius 1 is 1.45 bits per heavy atom. The van der Waals surface area contributed by atoms with Crippen molar-refractivity contribution in [3.05, 3.63) is 45.6 Å². The van der Waals surface area contributed by atoms with Crippen molar-refractivity contribution in [3.63, 3.8) is 0 Å². The highest BCUT2D eigenvalue weighted by molar-refractivity contribution is 7.10. The molecule has 0 aliphatic rings. The van der Waals surface area contributed by atoms with Crippen molar-refractivity contribution in [1.82, 2.24) is 0 Å². The lowest BCUT2D eigenvalue weighted by Gasteiger charge is -2.16. The number of benzene rings is 1. The average molecular weight is 316 g/mol. The number of carboxylic acids is 1. The van der Waals surface area contributed by atoms with Crippen molar-refractivity contribution in [2.24, 2.45) is 0 Å². The van der Waals surface area contributed by atoms with Crippen LogP contribution in [0.25, 0.3) is 0 Å². The molecule has 0 aliphatic carbocycles. The van der Waals surface area contributed by atoms with Gasteiger partial charge in [-0.25, -0.2) is 4.79 Å². The third-order valence-corrected chi connectivity index (χ3v) is 3.72. The van der Waals surface area contributed by atoms with Crippen LogP contribution in [0, 0.1) is 11.3 Å². The van der Waals surface area contributed by atoms with E-state index in [1.54, 1.807) is 12.1 Å². The number of hydrogen-bond acceptors (Lipinski definition) is 5. The molecule has 0 radical (unpaired) electrons. The second kappa shape index (κ2) is 6.96.